The number of carbonyl (C=O) groups is 1. The molecule has 0 aromatic heterocycles. The van der Waals surface area contributed by atoms with Crippen LogP contribution >= 0.6 is 0 Å². The van der Waals surface area contributed by atoms with E-state index in [-0.39, 0.29) is 17.9 Å². The van der Waals surface area contributed by atoms with E-state index in [2.05, 4.69) is 6.58 Å². The predicted molar refractivity (Wildman–Crippen MR) is 59.9 cm³/mol. The third-order valence-corrected chi connectivity index (χ3v) is 2.16. The number of nitrogens with two attached hydrogens (primary N) is 1. The molecule has 0 unspecified atom stereocenters. The highest BCUT2D eigenvalue weighted by Crippen LogP contribution is 2.04. The normalized spacial score (nSPS) is 12.6. The van der Waals surface area contributed by atoms with Crippen molar-refractivity contribution < 1.29 is 4.79 Å². The van der Waals surface area contributed by atoms with Crippen LogP contribution in [0, 0.1) is 5.92 Å². The SMILES string of the molecule is C=CCN(CCC)C(=O)[C@H](N)C(C)C. The maximum Gasteiger partial charge on any atom is 0.240 e. The minimum absolute atomic E-state index is 0.0294. The summed E-state index contributed by atoms with van der Waals surface area (Å²) in [4.78, 5) is 13.6. The average molecular weight is 198 g/mol. The van der Waals surface area contributed by atoms with E-state index in [1.807, 2.05) is 20.8 Å². The van der Waals surface area contributed by atoms with Gasteiger partial charge in [-0.1, -0.05) is 26.8 Å². The van der Waals surface area contributed by atoms with Gasteiger partial charge in [0.05, 0.1) is 6.04 Å². The van der Waals surface area contributed by atoms with Gasteiger partial charge in [0.2, 0.25) is 5.91 Å². The fourth-order valence-electron chi connectivity index (χ4n) is 1.21. The summed E-state index contributed by atoms with van der Waals surface area (Å²) >= 11 is 0. The molecular formula is C11H22N2O. The van der Waals surface area contributed by atoms with E-state index in [1.54, 1.807) is 11.0 Å². The van der Waals surface area contributed by atoms with Crippen molar-refractivity contribution in [2.45, 2.75) is 33.2 Å². The number of hydrogen-bond donors (Lipinski definition) is 1. The molecule has 3 heteroatoms. The minimum Gasteiger partial charge on any atom is -0.338 e. The van der Waals surface area contributed by atoms with Crippen LogP contribution in [0.4, 0.5) is 0 Å². The molecule has 2 N–H and O–H groups in total. The summed E-state index contributed by atoms with van der Waals surface area (Å²) in [7, 11) is 0. The number of rotatable bonds is 6. The molecular weight excluding hydrogens is 176 g/mol. The second kappa shape index (κ2) is 6.60. The van der Waals surface area contributed by atoms with Crippen molar-refractivity contribution in [1.29, 1.82) is 0 Å². The Kier molecular flexibility index (Phi) is 6.21. The zero-order chi connectivity index (χ0) is 11.1. The van der Waals surface area contributed by atoms with Crippen LogP contribution in [0.5, 0.6) is 0 Å². The summed E-state index contributed by atoms with van der Waals surface area (Å²) in [5.41, 5.74) is 5.80. The average Bonchev–Trinajstić information content (AvgIpc) is 2.15. The standard InChI is InChI=1S/C11H22N2O/c1-5-7-13(8-6-2)11(14)10(12)9(3)4/h5,9-10H,1,6-8,12H2,2-4H3/t10-/m1/s1. The largest absolute Gasteiger partial charge is 0.338 e. The first-order valence-corrected chi connectivity index (χ1v) is 5.19. The van der Waals surface area contributed by atoms with Crippen LogP contribution in [0.15, 0.2) is 12.7 Å². The van der Waals surface area contributed by atoms with Crippen LogP contribution < -0.4 is 5.73 Å². The Hall–Kier alpha value is -0.830. The zero-order valence-corrected chi connectivity index (χ0v) is 9.49. The minimum atomic E-state index is -0.388. The Bertz CT molecular complexity index is 190. The first-order valence-electron chi connectivity index (χ1n) is 5.19. The summed E-state index contributed by atoms with van der Waals surface area (Å²) < 4.78 is 0. The van der Waals surface area contributed by atoms with Crippen molar-refractivity contribution >= 4 is 5.91 Å². The maximum absolute atomic E-state index is 11.8. The molecule has 1 atom stereocenters. The first kappa shape index (κ1) is 13.2. The fourth-order valence-corrected chi connectivity index (χ4v) is 1.21. The van der Waals surface area contributed by atoms with Crippen molar-refractivity contribution in [3.8, 4) is 0 Å². The molecule has 0 fully saturated rings. The van der Waals surface area contributed by atoms with E-state index in [9.17, 15) is 4.79 Å². The molecule has 0 aromatic carbocycles. The smallest absolute Gasteiger partial charge is 0.240 e. The fraction of sp³-hybridized carbons (Fsp3) is 0.727. The van der Waals surface area contributed by atoms with Gasteiger partial charge < -0.3 is 10.6 Å². The quantitative estimate of drug-likeness (QED) is 0.656. The van der Waals surface area contributed by atoms with Gasteiger partial charge in [-0.15, -0.1) is 6.58 Å². The Balaban J connectivity index is 4.33. The van der Waals surface area contributed by atoms with Gasteiger partial charge in [-0.3, -0.25) is 4.79 Å². The van der Waals surface area contributed by atoms with Crippen molar-refractivity contribution in [3.05, 3.63) is 12.7 Å². The van der Waals surface area contributed by atoms with Crippen LogP contribution in [0.2, 0.25) is 0 Å². The molecule has 0 radical (unpaired) electrons. The van der Waals surface area contributed by atoms with Crippen LogP contribution in [0.25, 0.3) is 0 Å². The highest BCUT2D eigenvalue weighted by molar-refractivity contribution is 5.82. The Morgan fingerprint density at radius 2 is 2.14 bits per heavy atom. The number of hydrogen-bond acceptors (Lipinski definition) is 2. The molecule has 0 heterocycles. The van der Waals surface area contributed by atoms with E-state index >= 15 is 0 Å². The maximum atomic E-state index is 11.8. The molecule has 0 rings (SSSR count). The van der Waals surface area contributed by atoms with Crippen LogP contribution in [0.3, 0.4) is 0 Å². The summed E-state index contributed by atoms with van der Waals surface area (Å²) in [6.45, 7) is 10.9. The summed E-state index contributed by atoms with van der Waals surface area (Å²) in [5.74, 6) is 0.216. The third-order valence-electron chi connectivity index (χ3n) is 2.16. The first-order chi connectivity index (χ1) is 6.54. The van der Waals surface area contributed by atoms with Crippen molar-refractivity contribution in [3.63, 3.8) is 0 Å². The summed E-state index contributed by atoms with van der Waals surface area (Å²) in [6.07, 6.45) is 2.69. The molecule has 0 aliphatic heterocycles. The van der Waals surface area contributed by atoms with E-state index in [4.69, 9.17) is 5.73 Å². The van der Waals surface area contributed by atoms with E-state index in [0.29, 0.717) is 6.54 Å². The Morgan fingerprint density at radius 1 is 1.57 bits per heavy atom. The Morgan fingerprint density at radius 3 is 2.50 bits per heavy atom. The van der Waals surface area contributed by atoms with Gasteiger partial charge in [-0.25, -0.2) is 0 Å². The number of carbonyl (C=O) groups excluding carboxylic acids is 1. The predicted octanol–water partition coefficient (Wildman–Crippen LogP) is 1.39. The monoisotopic (exact) mass is 198 g/mol. The van der Waals surface area contributed by atoms with Gasteiger partial charge in [-0.05, 0) is 12.3 Å². The highest BCUT2D eigenvalue weighted by Gasteiger charge is 2.21. The lowest BCUT2D eigenvalue weighted by atomic mass is 10.0. The Labute approximate surface area is 87.0 Å². The highest BCUT2D eigenvalue weighted by atomic mass is 16.2. The molecule has 82 valence electrons. The molecule has 0 aliphatic rings. The van der Waals surface area contributed by atoms with E-state index < -0.39 is 0 Å². The topological polar surface area (TPSA) is 46.3 Å². The van der Waals surface area contributed by atoms with Crippen molar-refractivity contribution in [2.75, 3.05) is 13.1 Å². The van der Waals surface area contributed by atoms with Gasteiger partial charge in [0.15, 0.2) is 0 Å². The number of amides is 1. The second-order valence-corrected chi connectivity index (χ2v) is 3.84. The van der Waals surface area contributed by atoms with Gasteiger partial charge in [0.25, 0.3) is 0 Å². The zero-order valence-electron chi connectivity index (χ0n) is 9.49. The van der Waals surface area contributed by atoms with Crippen LogP contribution in [0.1, 0.15) is 27.2 Å². The second-order valence-electron chi connectivity index (χ2n) is 3.84. The molecule has 0 aliphatic carbocycles. The summed E-state index contributed by atoms with van der Waals surface area (Å²) in [5, 5.41) is 0. The van der Waals surface area contributed by atoms with Crippen LogP contribution in [-0.2, 0) is 4.79 Å². The molecule has 0 saturated heterocycles. The third kappa shape index (κ3) is 3.92. The lowest BCUT2D eigenvalue weighted by molar-refractivity contribution is -0.133. The molecule has 14 heavy (non-hydrogen) atoms. The van der Waals surface area contributed by atoms with Crippen molar-refractivity contribution in [1.82, 2.24) is 4.90 Å². The van der Waals surface area contributed by atoms with Gasteiger partial charge in [-0.2, -0.15) is 0 Å². The van der Waals surface area contributed by atoms with Gasteiger partial charge in [0.1, 0.15) is 0 Å². The van der Waals surface area contributed by atoms with E-state index in [1.165, 1.54) is 0 Å². The summed E-state index contributed by atoms with van der Waals surface area (Å²) in [6, 6.07) is -0.388. The molecule has 3 nitrogen and oxygen atoms in total. The molecule has 0 spiro atoms. The van der Waals surface area contributed by atoms with Gasteiger partial charge in [0, 0.05) is 13.1 Å². The lowest BCUT2D eigenvalue weighted by Gasteiger charge is -2.25. The van der Waals surface area contributed by atoms with Crippen molar-refractivity contribution in [2.24, 2.45) is 11.7 Å². The molecule has 1 amide bonds. The number of nitrogens with zero attached hydrogens (tertiary/aromatic N) is 1. The molecule has 0 saturated carbocycles. The molecule has 0 aromatic rings. The van der Waals surface area contributed by atoms with Crippen LogP contribution in [-0.4, -0.2) is 29.9 Å². The van der Waals surface area contributed by atoms with Gasteiger partial charge >= 0.3 is 0 Å². The molecule has 0 bridgehead atoms. The lowest BCUT2D eigenvalue weighted by Crippen LogP contribution is -2.46. The van der Waals surface area contributed by atoms with E-state index in [0.717, 1.165) is 13.0 Å².